The molecule has 0 spiro atoms. The van der Waals surface area contributed by atoms with Crippen LogP contribution in [-0.4, -0.2) is 11.9 Å². The summed E-state index contributed by atoms with van der Waals surface area (Å²) in [5, 5.41) is 0. The highest BCUT2D eigenvalue weighted by Crippen LogP contribution is 2.33. The molecule has 0 radical (unpaired) electrons. The molecule has 0 saturated heterocycles. The fourth-order valence-electron chi connectivity index (χ4n) is 2.08. The van der Waals surface area contributed by atoms with Crippen LogP contribution in [0.25, 0.3) is 0 Å². The standard InChI is InChI=1S/C18H26O4/c1-4-7-8-9-11-14-12-10-13-15(21-16(19)5-2)18(14)22-17(20)6-3/h10,12-13H,4-9,11H2,1-3H3. The summed E-state index contributed by atoms with van der Waals surface area (Å²) in [6.07, 6.45) is 5.89. The second-order valence-electron chi connectivity index (χ2n) is 5.21. The highest BCUT2D eigenvalue weighted by Gasteiger charge is 2.16. The number of rotatable bonds is 9. The van der Waals surface area contributed by atoms with Crippen molar-refractivity contribution >= 4 is 11.9 Å². The Kier molecular flexibility index (Phi) is 8.26. The first kappa shape index (κ1) is 18.2. The summed E-state index contributed by atoms with van der Waals surface area (Å²) in [6.45, 7) is 5.64. The van der Waals surface area contributed by atoms with E-state index in [-0.39, 0.29) is 24.8 Å². The van der Waals surface area contributed by atoms with Gasteiger partial charge in [-0.2, -0.15) is 0 Å². The highest BCUT2D eigenvalue weighted by molar-refractivity contribution is 5.76. The maximum Gasteiger partial charge on any atom is 0.311 e. The van der Waals surface area contributed by atoms with E-state index >= 15 is 0 Å². The molecular weight excluding hydrogens is 280 g/mol. The minimum Gasteiger partial charge on any atom is -0.423 e. The molecule has 0 fully saturated rings. The van der Waals surface area contributed by atoms with E-state index in [0.717, 1.165) is 24.8 Å². The van der Waals surface area contributed by atoms with Crippen LogP contribution in [-0.2, 0) is 16.0 Å². The van der Waals surface area contributed by atoms with E-state index in [4.69, 9.17) is 9.47 Å². The van der Waals surface area contributed by atoms with Crippen LogP contribution in [0.15, 0.2) is 18.2 Å². The first-order valence-electron chi connectivity index (χ1n) is 8.15. The highest BCUT2D eigenvalue weighted by atomic mass is 16.6. The Morgan fingerprint density at radius 1 is 0.909 bits per heavy atom. The van der Waals surface area contributed by atoms with E-state index in [2.05, 4.69) is 6.92 Å². The second-order valence-corrected chi connectivity index (χ2v) is 5.21. The van der Waals surface area contributed by atoms with Crippen molar-refractivity contribution in [2.24, 2.45) is 0 Å². The van der Waals surface area contributed by atoms with Gasteiger partial charge in [0.05, 0.1) is 0 Å². The molecule has 0 aliphatic heterocycles. The van der Waals surface area contributed by atoms with Crippen LogP contribution in [0.5, 0.6) is 11.5 Å². The van der Waals surface area contributed by atoms with Crippen molar-refractivity contribution < 1.29 is 19.1 Å². The van der Waals surface area contributed by atoms with Gasteiger partial charge in [0.2, 0.25) is 0 Å². The van der Waals surface area contributed by atoms with Crippen molar-refractivity contribution in [3.63, 3.8) is 0 Å². The SMILES string of the molecule is CCCCCCc1cccc(OC(=O)CC)c1OC(=O)CC. The van der Waals surface area contributed by atoms with E-state index in [1.807, 2.05) is 12.1 Å². The lowest BCUT2D eigenvalue weighted by Gasteiger charge is -2.14. The molecule has 1 rings (SSSR count). The number of hydrogen-bond acceptors (Lipinski definition) is 4. The van der Waals surface area contributed by atoms with E-state index in [1.165, 1.54) is 12.8 Å². The number of ether oxygens (including phenoxy) is 2. The lowest BCUT2D eigenvalue weighted by atomic mass is 10.0. The number of hydrogen-bond donors (Lipinski definition) is 0. The number of unbranched alkanes of at least 4 members (excludes halogenated alkanes) is 3. The van der Waals surface area contributed by atoms with E-state index < -0.39 is 0 Å². The van der Waals surface area contributed by atoms with Crippen LogP contribution in [0.4, 0.5) is 0 Å². The van der Waals surface area contributed by atoms with E-state index in [1.54, 1.807) is 19.9 Å². The predicted octanol–water partition coefficient (Wildman–Crippen LogP) is 4.44. The Balaban J connectivity index is 2.94. The van der Waals surface area contributed by atoms with Crippen LogP contribution in [0.1, 0.15) is 64.9 Å². The molecule has 1 aromatic carbocycles. The van der Waals surface area contributed by atoms with Gasteiger partial charge in [0.1, 0.15) is 0 Å². The van der Waals surface area contributed by atoms with Gasteiger partial charge in [0.25, 0.3) is 0 Å². The summed E-state index contributed by atoms with van der Waals surface area (Å²) >= 11 is 0. The zero-order valence-corrected chi connectivity index (χ0v) is 13.8. The zero-order valence-electron chi connectivity index (χ0n) is 13.8. The average molecular weight is 306 g/mol. The molecule has 0 atom stereocenters. The van der Waals surface area contributed by atoms with Crippen molar-refractivity contribution in [1.29, 1.82) is 0 Å². The summed E-state index contributed by atoms with van der Waals surface area (Å²) in [4.78, 5) is 23.2. The van der Waals surface area contributed by atoms with Crippen molar-refractivity contribution in [3.8, 4) is 11.5 Å². The smallest absolute Gasteiger partial charge is 0.311 e. The van der Waals surface area contributed by atoms with Crippen LogP contribution in [0, 0.1) is 0 Å². The van der Waals surface area contributed by atoms with Crippen molar-refractivity contribution in [1.82, 2.24) is 0 Å². The lowest BCUT2D eigenvalue weighted by molar-refractivity contribution is -0.136. The molecule has 0 N–H and O–H groups in total. The number of carbonyl (C=O) groups excluding carboxylic acids is 2. The predicted molar refractivity (Wildman–Crippen MR) is 86.1 cm³/mol. The number of carbonyl (C=O) groups is 2. The molecule has 22 heavy (non-hydrogen) atoms. The minimum atomic E-state index is -0.336. The molecule has 0 aliphatic rings. The third-order valence-corrected chi connectivity index (χ3v) is 3.38. The summed E-state index contributed by atoms with van der Waals surface area (Å²) in [7, 11) is 0. The Labute approximate surface area is 132 Å². The molecule has 0 aromatic heterocycles. The number of esters is 2. The average Bonchev–Trinajstić information content (AvgIpc) is 2.53. The van der Waals surface area contributed by atoms with Crippen LogP contribution in [0.3, 0.4) is 0 Å². The van der Waals surface area contributed by atoms with Gasteiger partial charge in [-0.05, 0) is 24.5 Å². The molecule has 0 amide bonds. The van der Waals surface area contributed by atoms with Gasteiger partial charge in [0, 0.05) is 12.8 Å². The number of benzene rings is 1. The first-order valence-corrected chi connectivity index (χ1v) is 8.15. The van der Waals surface area contributed by atoms with Crippen LogP contribution >= 0.6 is 0 Å². The van der Waals surface area contributed by atoms with Crippen molar-refractivity contribution in [2.75, 3.05) is 0 Å². The maximum absolute atomic E-state index is 11.7. The lowest BCUT2D eigenvalue weighted by Crippen LogP contribution is -2.12. The monoisotopic (exact) mass is 306 g/mol. The summed E-state index contributed by atoms with van der Waals surface area (Å²) in [5.41, 5.74) is 0.916. The summed E-state index contributed by atoms with van der Waals surface area (Å²) < 4.78 is 10.7. The van der Waals surface area contributed by atoms with Gasteiger partial charge in [0.15, 0.2) is 11.5 Å². The van der Waals surface area contributed by atoms with Crippen molar-refractivity contribution in [3.05, 3.63) is 23.8 Å². The van der Waals surface area contributed by atoms with E-state index in [0.29, 0.717) is 11.5 Å². The Bertz CT molecular complexity index is 494. The largest absolute Gasteiger partial charge is 0.423 e. The number of aryl methyl sites for hydroxylation is 1. The first-order chi connectivity index (χ1) is 10.6. The Morgan fingerprint density at radius 2 is 1.59 bits per heavy atom. The molecule has 1 aromatic rings. The zero-order chi connectivity index (χ0) is 16.4. The Morgan fingerprint density at radius 3 is 2.23 bits per heavy atom. The summed E-state index contributed by atoms with van der Waals surface area (Å²) in [5.74, 6) is 0.0704. The molecule has 122 valence electrons. The van der Waals surface area contributed by atoms with Gasteiger partial charge in [-0.1, -0.05) is 52.2 Å². The van der Waals surface area contributed by atoms with Crippen molar-refractivity contribution in [2.45, 2.75) is 65.7 Å². The topological polar surface area (TPSA) is 52.6 Å². The molecular formula is C18H26O4. The molecule has 0 aliphatic carbocycles. The number of para-hydroxylation sites is 1. The van der Waals surface area contributed by atoms with Crippen LogP contribution < -0.4 is 9.47 Å². The fourth-order valence-corrected chi connectivity index (χ4v) is 2.08. The van der Waals surface area contributed by atoms with Gasteiger partial charge in [-0.3, -0.25) is 9.59 Å². The third-order valence-electron chi connectivity index (χ3n) is 3.38. The van der Waals surface area contributed by atoms with Gasteiger partial charge in [-0.15, -0.1) is 0 Å². The van der Waals surface area contributed by atoms with Gasteiger partial charge < -0.3 is 9.47 Å². The molecule has 0 unspecified atom stereocenters. The molecule has 0 bridgehead atoms. The third kappa shape index (κ3) is 5.88. The molecule has 0 saturated carbocycles. The fraction of sp³-hybridized carbons (Fsp3) is 0.556. The van der Waals surface area contributed by atoms with Gasteiger partial charge >= 0.3 is 11.9 Å². The second kappa shape index (κ2) is 9.98. The Hall–Kier alpha value is -1.84. The molecule has 4 heteroatoms. The normalized spacial score (nSPS) is 10.3. The summed E-state index contributed by atoms with van der Waals surface area (Å²) in [6, 6.07) is 5.42. The van der Waals surface area contributed by atoms with Crippen LogP contribution in [0.2, 0.25) is 0 Å². The van der Waals surface area contributed by atoms with E-state index in [9.17, 15) is 9.59 Å². The minimum absolute atomic E-state index is 0.280. The van der Waals surface area contributed by atoms with Gasteiger partial charge in [-0.25, -0.2) is 0 Å². The molecule has 0 heterocycles. The quantitative estimate of drug-likeness (QED) is 0.384. The molecule has 4 nitrogen and oxygen atoms in total. The maximum atomic E-state index is 11.7.